The van der Waals surface area contributed by atoms with E-state index < -0.39 is 0 Å². The zero-order valence-corrected chi connectivity index (χ0v) is 11.9. The molecular weight excluding hydrogens is 246 g/mol. The van der Waals surface area contributed by atoms with Crippen LogP contribution in [0.25, 0.3) is 0 Å². The van der Waals surface area contributed by atoms with Gasteiger partial charge in [-0.2, -0.15) is 11.8 Å². The number of rotatable bonds is 5. The van der Waals surface area contributed by atoms with E-state index in [9.17, 15) is 0 Å². The normalized spacial score (nSPS) is 19.3. The van der Waals surface area contributed by atoms with Gasteiger partial charge in [-0.1, -0.05) is 0 Å². The summed E-state index contributed by atoms with van der Waals surface area (Å²) in [5.41, 5.74) is 1.12. The fourth-order valence-electron chi connectivity index (χ4n) is 2.13. The Morgan fingerprint density at radius 2 is 2.28 bits per heavy atom. The maximum absolute atomic E-state index is 5.59. The van der Waals surface area contributed by atoms with Crippen LogP contribution in [0.4, 0.5) is 5.69 Å². The average molecular weight is 267 g/mol. The molecule has 1 unspecified atom stereocenters. The molecular formula is C14H21NO2S. The first-order chi connectivity index (χ1) is 8.83. The summed E-state index contributed by atoms with van der Waals surface area (Å²) < 4.78 is 10.9. The molecule has 1 fully saturated rings. The van der Waals surface area contributed by atoms with Gasteiger partial charge < -0.3 is 14.8 Å². The molecule has 1 saturated heterocycles. The van der Waals surface area contributed by atoms with Gasteiger partial charge in [0.05, 0.1) is 13.7 Å². The number of anilines is 1. The first-order valence-electron chi connectivity index (χ1n) is 6.48. The third kappa shape index (κ3) is 3.48. The largest absolute Gasteiger partial charge is 0.493 e. The Morgan fingerprint density at radius 1 is 1.39 bits per heavy atom. The summed E-state index contributed by atoms with van der Waals surface area (Å²) in [6.45, 7) is 2.64. The lowest BCUT2D eigenvalue weighted by molar-refractivity contribution is 0.311. The first kappa shape index (κ1) is 13.4. The molecule has 1 aliphatic rings. The average Bonchev–Trinajstić information content (AvgIpc) is 2.41. The number of hydrogen-bond acceptors (Lipinski definition) is 4. The van der Waals surface area contributed by atoms with Gasteiger partial charge in [0.1, 0.15) is 0 Å². The van der Waals surface area contributed by atoms with Crippen LogP contribution in [-0.4, -0.2) is 31.3 Å². The van der Waals surface area contributed by atoms with Crippen LogP contribution >= 0.6 is 11.8 Å². The van der Waals surface area contributed by atoms with Crippen molar-refractivity contribution in [3.8, 4) is 11.5 Å². The summed E-state index contributed by atoms with van der Waals surface area (Å²) in [5, 5.41) is 3.57. The van der Waals surface area contributed by atoms with Crippen molar-refractivity contribution >= 4 is 17.4 Å². The number of methoxy groups -OCH3 is 1. The van der Waals surface area contributed by atoms with Crippen LogP contribution in [0.3, 0.4) is 0 Å². The molecule has 1 heterocycles. The van der Waals surface area contributed by atoms with Crippen LogP contribution in [-0.2, 0) is 0 Å². The summed E-state index contributed by atoms with van der Waals surface area (Å²) >= 11 is 2.03. The maximum Gasteiger partial charge on any atom is 0.163 e. The molecule has 4 heteroatoms. The van der Waals surface area contributed by atoms with Crippen molar-refractivity contribution in [3.05, 3.63) is 18.2 Å². The van der Waals surface area contributed by atoms with Gasteiger partial charge in [0.2, 0.25) is 0 Å². The highest BCUT2D eigenvalue weighted by Gasteiger charge is 2.14. The van der Waals surface area contributed by atoms with E-state index >= 15 is 0 Å². The van der Waals surface area contributed by atoms with Crippen LogP contribution in [0.1, 0.15) is 19.8 Å². The van der Waals surface area contributed by atoms with Crippen molar-refractivity contribution in [2.45, 2.75) is 25.8 Å². The maximum atomic E-state index is 5.59. The molecule has 0 aromatic heterocycles. The molecule has 3 nitrogen and oxygen atoms in total. The molecule has 1 aromatic carbocycles. The second kappa shape index (κ2) is 6.78. The molecule has 0 amide bonds. The molecule has 0 spiro atoms. The number of nitrogens with one attached hydrogen (secondary N) is 1. The monoisotopic (exact) mass is 267 g/mol. The van der Waals surface area contributed by atoms with Gasteiger partial charge in [-0.05, 0) is 37.7 Å². The Balaban J connectivity index is 2.05. The summed E-state index contributed by atoms with van der Waals surface area (Å²) in [5.74, 6) is 4.09. The van der Waals surface area contributed by atoms with Gasteiger partial charge in [-0.3, -0.25) is 0 Å². The van der Waals surface area contributed by atoms with E-state index in [1.54, 1.807) is 7.11 Å². The molecule has 1 N–H and O–H groups in total. The van der Waals surface area contributed by atoms with E-state index in [2.05, 4.69) is 11.4 Å². The Hall–Kier alpha value is -1.03. The number of hydrogen-bond donors (Lipinski definition) is 1. The van der Waals surface area contributed by atoms with Crippen LogP contribution in [0.15, 0.2) is 18.2 Å². The highest BCUT2D eigenvalue weighted by molar-refractivity contribution is 7.99. The summed E-state index contributed by atoms with van der Waals surface area (Å²) in [7, 11) is 1.67. The highest BCUT2D eigenvalue weighted by atomic mass is 32.2. The second-order valence-corrected chi connectivity index (χ2v) is 5.51. The fourth-order valence-corrected chi connectivity index (χ4v) is 3.20. The van der Waals surface area contributed by atoms with Gasteiger partial charge in [0, 0.05) is 23.5 Å². The lowest BCUT2D eigenvalue weighted by atomic mass is 10.1. The molecule has 1 aromatic rings. The molecule has 1 atom stereocenters. The van der Waals surface area contributed by atoms with E-state index in [0.29, 0.717) is 12.6 Å². The second-order valence-electron chi connectivity index (χ2n) is 4.36. The zero-order chi connectivity index (χ0) is 12.8. The third-order valence-electron chi connectivity index (χ3n) is 2.99. The summed E-state index contributed by atoms with van der Waals surface area (Å²) in [4.78, 5) is 0. The standard InChI is InChI=1S/C14H21NO2S/c1-3-17-14-9-11(6-7-13(14)16-2)15-12-5-4-8-18-10-12/h6-7,9,12,15H,3-5,8,10H2,1-2H3. The number of thioether (sulfide) groups is 1. The smallest absolute Gasteiger partial charge is 0.163 e. The Morgan fingerprint density at radius 3 is 2.94 bits per heavy atom. The van der Waals surface area contributed by atoms with Gasteiger partial charge in [-0.15, -0.1) is 0 Å². The molecule has 0 radical (unpaired) electrons. The van der Waals surface area contributed by atoms with Gasteiger partial charge >= 0.3 is 0 Å². The van der Waals surface area contributed by atoms with Crippen LogP contribution in [0.2, 0.25) is 0 Å². The zero-order valence-electron chi connectivity index (χ0n) is 11.1. The molecule has 0 bridgehead atoms. The summed E-state index contributed by atoms with van der Waals surface area (Å²) in [6.07, 6.45) is 2.56. The number of benzene rings is 1. The SMILES string of the molecule is CCOc1cc(NC2CCCSC2)ccc1OC. The lowest BCUT2D eigenvalue weighted by Gasteiger charge is -2.24. The predicted molar refractivity (Wildman–Crippen MR) is 78.1 cm³/mol. The molecule has 0 saturated carbocycles. The third-order valence-corrected chi connectivity index (χ3v) is 4.21. The van der Waals surface area contributed by atoms with E-state index in [-0.39, 0.29) is 0 Å². The Bertz CT molecular complexity index is 378. The quantitative estimate of drug-likeness (QED) is 0.885. The van der Waals surface area contributed by atoms with E-state index in [0.717, 1.165) is 17.2 Å². The Labute approximate surface area is 113 Å². The minimum absolute atomic E-state index is 0.576. The fraction of sp³-hybridized carbons (Fsp3) is 0.571. The Kier molecular flexibility index (Phi) is 5.05. The number of ether oxygens (including phenoxy) is 2. The van der Waals surface area contributed by atoms with Gasteiger partial charge in [0.25, 0.3) is 0 Å². The van der Waals surface area contributed by atoms with Crippen LogP contribution < -0.4 is 14.8 Å². The predicted octanol–water partition coefficient (Wildman–Crippen LogP) is 3.40. The van der Waals surface area contributed by atoms with E-state index in [1.165, 1.54) is 24.3 Å². The minimum atomic E-state index is 0.576. The van der Waals surface area contributed by atoms with E-state index in [1.807, 2.05) is 30.8 Å². The molecule has 0 aliphatic carbocycles. The van der Waals surface area contributed by atoms with Crippen molar-refractivity contribution in [1.29, 1.82) is 0 Å². The molecule has 18 heavy (non-hydrogen) atoms. The van der Waals surface area contributed by atoms with Crippen molar-refractivity contribution in [2.75, 3.05) is 30.5 Å². The topological polar surface area (TPSA) is 30.5 Å². The van der Waals surface area contributed by atoms with Crippen LogP contribution in [0.5, 0.6) is 11.5 Å². The van der Waals surface area contributed by atoms with Gasteiger partial charge in [0.15, 0.2) is 11.5 Å². The molecule has 100 valence electrons. The summed E-state index contributed by atoms with van der Waals surface area (Å²) in [6, 6.07) is 6.62. The van der Waals surface area contributed by atoms with Crippen molar-refractivity contribution in [3.63, 3.8) is 0 Å². The van der Waals surface area contributed by atoms with Crippen molar-refractivity contribution < 1.29 is 9.47 Å². The highest BCUT2D eigenvalue weighted by Crippen LogP contribution is 2.31. The minimum Gasteiger partial charge on any atom is -0.493 e. The van der Waals surface area contributed by atoms with Crippen LogP contribution in [0, 0.1) is 0 Å². The van der Waals surface area contributed by atoms with Crippen molar-refractivity contribution in [2.24, 2.45) is 0 Å². The van der Waals surface area contributed by atoms with Crippen molar-refractivity contribution in [1.82, 2.24) is 0 Å². The molecule has 2 rings (SSSR count). The first-order valence-corrected chi connectivity index (χ1v) is 7.64. The molecule has 1 aliphatic heterocycles. The van der Waals surface area contributed by atoms with Gasteiger partial charge in [-0.25, -0.2) is 0 Å². The lowest BCUT2D eigenvalue weighted by Crippen LogP contribution is -2.25. The van der Waals surface area contributed by atoms with E-state index in [4.69, 9.17) is 9.47 Å².